The van der Waals surface area contributed by atoms with Crippen molar-refractivity contribution in [1.29, 1.82) is 0 Å². The van der Waals surface area contributed by atoms with Crippen LogP contribution in [0.5, 0.6) is 0 Å². The fourth-order valence-corrected chi connectivity index (χ4v) is 14.6. The Bertz CT molecular complexity index is 6000. The van der Waals surface area contributed by atoms with Crippen molar-refractivity contribution in [3.8, 4) is 90.8 Å². The molecule has 0 saturated carbocycles. The van der Waals surface area contributed by atoms with Gasteiger partial charge >= 0.3 is 0 Å². The maximum Gasteiger partial charge on any atom is 0.238 e. The summed E-state index contributed by atoms with van der Waals surface area (Å²) >= 11 is 1.87. The first-order valence-electron chi connectivity index (χ1n) is 31.3. The number of aromatic nitrogens is 8. The molecular formula is C84H52N8OS. The van der Waals surface area contributed by atoms with E-state index >= 15 is 0 Å². The third-order valence-electron chi connectivity index (χ3n) is 17.7. The molecule has 0 aliphatic heterocycles. The van der Waals surface area contributed by atoms with Crippen molar-refractivity contribution in [3.63, 3.8) is 0 Å². The molecular weight excluding hydrogens is 1170 g/mol. The van der Waals surface area contributed by atoms with Crippen LogP contribution < -0.4 is 0 Å². The fourth-order valence-electron chi connectivity index (χ4n) is 13.3. The Balaban J connectivity index is 0.000000139. The first-order valence-corrected chi connectivity index (χ1v) is 32.1. The van der Waals surface area contributed by atoms with Gasteiger partial charge in [0.15, 0.2) is 29.1 Å². The molecule has 0 saturated heterocycles. The van der Waals surface area contributed by atoms with Crippen molar-refractivity contribution in [2.24, 2.45) is 0 Å². The zero-order valence-electron chi connectivity index (χ0n) is 50.4. The molecule has 19 rings (SSSR count). The number of fused-ring (bicyclic) bond motifs is 12. The molecule has 0 N–H and O–H groups in total. The molecule has 0 aliphatic carbocycles. The van der Waals surface area contributed by atoms with Crippen molar-refractivity contribution in [3.05, 3.63) is 315 Å². The van der Waals surface area contributed by atoms with Gasteiger partial charge in [0.2, 0.25) is 5.95 Å². The van der Waals surface area contributed by atoms with E-state index in [1.165, 1.54) is 42.1 Å². The number of hydrogen-bond acceptors (Lipinski definition) is 8. The zero-order valence-corrected chi connectivity index (χ0v) is 51.2. The Kier molecular flexibility index (Phi) is 13.2. The summed E-state index contributed by atoms with van der Waals surface area (Å²) in [6, 6.07) is 109. The number of para-hydroxylation sites is 4. The average Bonchev–Trinajstić information content (AvgIpc) is 1.60. The van der Waals surface area contributed by atoms with Gasteiger partial charge in [-0.3, -0.25) is 4.57 Å². The molecule has 0 fully saturated rings. The van der Waals surface area contributed by atoms with Gasteiger partial charge in [-0.2, -0.15) is 9.97 Å². The van der Waals surface area contributed by atoms with Crippen LogP contribution in [-0.2, 0) is 0 Å². The van der Waals surface area contributed by atoms with Crippen LogP contribution in [-0.4, -0.2) is 39.0 Å². The summed E-state index contributed by atoms with van der Waals surface area (Å²) in [6.07, 6.45) is 0. The lowest BCUT2D eigenvalue weighted by Crippen LogP contribution is -2.06. The van der Waals surface area contributed by atoms with Crippen LogP contribution in [0, 0.1) is 0 Å². The van der Waals surface area contributed by atoms with Crippen LogP contribution in [0.4, 0.5) is 0 Å². The van der Waals surface area contributed by atoms with Gasteiger partial charge in [0.05, 0.1) is 22.1 Å². The maximum absolute atomic E-state index is 6.39. The van der Waals surface area contributed by atoms with E-state index in [1.807, 2.05) is 145 Å². The molecule has 10 heteroatoms. The Morgan fingerprint density at radius 3 is 1.27 bits per heavy atom. The van der Waals surface area contributed by atoms with E-state index < -0.39 is 0 Å². The van der Waals surface area contributed by atoms with Crippen LogP contribution >= 0.6 is 11.3 Å². The molecule has 0 bridgehead atoms. The standard InChI is InChI=1S/C45H28N4S.C39H24N4O/c1-3-13-29(14-4-1)43-46-44(30-15-5-2-6-16-30)48-45(47-43)32-17-11-18-33(27-32)49-39-23-9-7-19-35(39)38-28-31(25-26-40(38)49)34-21-12-22-37-36-20-8-10-24-41(36)50-42(34)37;1-3-12-25(13-4-1)37-40-38(26-14-5-2-6-15-26)42-39(41-37)43-33-20-9-7-16-29(33)32-24-27(22-23-34(32)43)28-18-11-19-31-30-17-8-10-21-35(30)44-36(28)31/h1-28H;1-24H. The molecule has 19 aromatic rings. The molecule has 440 valence electrons. The Morgan fingerprint density at radius 1 is 0.255 bits per heavy atom. The minimum absolute atomic E-state index is 0.580. The normalized spacial score (nSPS) is 11.6. The van der Waals surface area contributed by atoms with E-state index in [1.54, 1.807) is 0 Å². The van der Waals surface area contributed by atoms with Gasteiger partial charge in [-0.25, -0.2) is 19.9 Å². The molecule has 0 radical (unpaired) electrons. The minimum Gasteiger partial charge on any atom is -0.455 e. The Labute approximate surface area is 543 Å². The molecule has 9 nitrogen and oxygen atoms in total. The van der Waals surface area contributed by atoms with E-state index in [9.17, 15) is 0 Å². The molecule has 0 spiro atoms. The van der Waals surface area contributed by atoms with Crippen LogP contribution in [0.25, 0.3) is 177 Å². The third-order valence-corrected chi connectivity index (χ3v) is 18.9. The molecule has 94 heavy (non-hydrogen) atoms. The number of hydrogen-bond donors (Lipinski definition) is 0. The molecule has 0 unspecified atom stereocenters. The predicted octanol–water partition coefficient (Wildman–Crippen LogP) is 21.9. The minimum atomic E-state index is 0.580. The van der Waals surface area contributed by atoms with Crippen LogP contribution in [0.15, 0.2) is 320 Å². The highest BCUT2D eigenvalue weighted by Gasteiger charge is 2.22. The van der Waals surface area contributed by atoms with Gasteiger partial charge in [0.1, 0.15) is 11.2 Å². The van der Waals surface area contributed by atoms with Gasteiger partial charge in [-0.1, -0.05) is 255 Å². The number of furan rings is 1. The van der Waals surface area contributed by atoms with Crippen molar-refractivity contribution >= 4 is 97.1 Å². The molecule has 6 heterocycles. The van der Waals surface area contributed by atoms with Crippen molar-refractivity contribution in [2.45, 2.75) is 0 Å². The van der Waals surface area contributed by atoms with E-state index in [0.717, 1.165) is 99.4 Å². The maximum atomic E-state index is 6.39. The van der Waals surface area contributed by atoms with Gasteiger partial charge in [-0.05, 0) is 77.4 Å². The van der Waals surface area contributed by atoms with E-state index in [0.29, 0.717) is 35.1 Å². The van der Waals surface area contributed by atoms with Crippen LogP contribution in [0.2, 0.25) is 0 Å². The second-order valence-electron chi connectivity index (χ2n) is 23.3. The first-order chi connectivity index (χ1) is 46.6. The summed E-state index contributed by atoms with van der Waals surface area (Å²) in [5.74, 6) is 3.79. The number of rotatable bonds is 9. The van der Waals surface area contributed by atoms with E-state index in [2.05, 4.69) is 191 Å². The zero-order chi connectivity index (χ0) is 62.1. The predicted molar refractivity (Wildman–Crippen MR) is 387 cm³/mol. The van der Waals surface area contributed by atoms with Gasteiger partial charge in [0.25, 0.3) is 0 Å². The van der Waals surface area contributed by atoms with Crippen molar-refractivity contribution < 1.29 is 4.42 Å². The molecule has 0 aliphatic rings. The third kappa shape index (κ3) is 9.47. The lowest BCUT2D eigenvalue weighted by atomic mass is 10.0. The number of nitrogens with zero attached hydrogens (tertiary/aromatic N) is 8. The average molecular weight is 1220 g/mol. The molecule has 6 aromatic heterocycles. The topological polar surface area (TPSA) is 100 Å². The van der Waals surface area contributed by atoms with E-state index in [4.69, 9.17) is 34.3 Å². The van der Waals surface area contributed by atoms with Gasteiger partial charge in [-0.15, -0.1) is 11.3 Å². The lowest BCUT2D eigenvalue weighted by Gasteiger charge is -2.12. The van der Waals surface area contributed by atoms with Crippen LogP contribution in [0.1, 0.15) is 0 Å². The Morgan fingerprint density at radius 2 is 0.670 bits per heavy atom. The summed E-state index contributed by atoms with van der Waals surface area (Å²) in [5.41, 5.74) is 16.6. The van der Waals surface area contributed by atoms with Gasteiger partial charge < -0.3 is 8.98 Å². The summed E-state index contributed by atoms with van der Waals surface area (Å²) in [7, 11) is 0. The largest absolute Gasteiger partial charge is 0.455 e. The quantitative estimate of drug-likeness (QED) is 0.142. The van der Waals surface area contributed by atoms with E-state index in [-0.39, 0.29) is 0 Å². The summed E-state index contributed by atoms with van der Waals surface area (Å²) < 4.78 is 13.5. The molecule has 0 atom stereocenters. The second-order valence-corrected chi connectivity index (χ2v) is 24.4. The monoisotopic (exact) mass is 1220 g/mol. The smallest absolute Gasteiger partial charge is 0.238 e. The number of benzene rings is 13. The van der Waals surface area contributed by atoms with Crippen LogP contribution in [0.3, 0.4) is 0 Å². The fraction of sp³-hybridized carbons (Fsp3) is 0. The lowest BCUT2D eigenvalue weighted by molar-refractivity contribution is 0.670. The molecule has 13 aromatic carbocycles. The SMILES string of the molecule is c1ccc(-c2nc(-c3ccccc3)nc(-c3cccc(-n4c5ccccc5c5cc(-c6cccc7c6sc6ccccc67)ccc54)c3)n2)cc1.c1ccc(-c2nc(-c3ccccc3)nc(-n3c4ccccc4c4cc(-c5cccc6c5oc5ccccc56)ccc43)n2)cc1. The van der Waals surface area contributed by atoms with Gasteiger partial charge in [0, 0.05) is 91.6 Å². The second kappa shape index (κ2) is 22.8. The Hall–Kier alpha value is -12.5. The molecule has 0 amide bonds. The van der Waals surface area contributed by atoms with Crippen molar-refractivity contribution in [1.82, 2.24) is 39.0 Å². The number of thiophene rings is 1. The summed E-state index contributed by atoms with van der Waals surface area (Å²) in [5, 5.41) is 9.56. The highest BCUT2D eigenvalue weighted by atomic mass is 32.1. The van der Waals surface area contributed by atoms with Crippen molar-refractivity contribution in [2.75, 3.05) is 0 Å². The summed E-state index contributed by atoms with van der Waals surface area (Å²) in [4.78, 5) is 29.9. The highest BCUT2D eigenvalue weighted by Crippen LogP contribution is 2.44. The summed E-state index contributed by atoms with van der Waals surface area (Å²) in [6.45, 7) is 0. The first kappa shape index (κ1) is 54.4. The highest BCUT2D eigenvalue weighted by molar-refractivity contribution is 7.26.